The molecule has 0 bridgehead atoms. The van der Waals surface area contributed by atoms with Crippen molar-refractivity contribution in [3.63, 3.8) is 0 Å². The van der Waals surface area contributed by atoms with Crippen LogP contribution < -0.4 is 4.74 Å². The third-order valence-corrected chi connectivity index (χ3v) is 2.76. The van der Waals surface area contributed by atoms with Crippen molar-refractivity contribution in [1.82, 2.24) is 0 Å². The number of ether oxygens (including phenoxy) is 1. The number of alkyl halides is 1. The minimum absolute atomic E-state index is 1.01. The van der Waals surface area contributed by atoms with Crippen molar-refractivity contribution in [2.75, 3.05) is 7.11 Å². The number of aryl methyl sites for hydroxylation is 1. The monoisotopic (exact) mass is 276 g/mol. The summed E-state index contributed by atoms with van der Waals surface area (Å²) in [7, 11) is 1.72. The highest BCUT2D eigenvalue weighted by molar-refractivity contribution is 14.1. The summed E-state index contributed by atoms with van der Waals surface area (Å²) in [5.74, 6) is 1.01. The summed E-state index contributed by atoms with van der Waals surface area (Å²) in [4.78, 5) is 0. The fraction of sp³-hybridized carbons (Fsp3) is 0.400. The zero-order valence-corrected chi connectivity index (χ0v) is 9.59. The number of methoxy groups -OCH3 is 1. The summed E-state index contributed by atoms with van der Waals surface area (Å²) in [5.41, 5.74) is 2.67. The van der Waals surface area contributed by atoms with Gasteiger partial charge in [-0.05, 0) is 23.6 Å². The molecule has 66 valence electrons. The predicted molar refractivity (Wildman–Crippen MR) is 60.1 cm³/mol. The van der Waals surface area contributed by atoms with Crippen LogP contribution >= 0.6 is 22.6 Å². The molecule has 0 saturated carbocycles. The van der Waals surface area contributed by atoms with Crippen LogP contribution in [0.5, 0.6) is 5.75 Å². The molecule has 1 nitrogen and oxygen atoms in total. The van der Waals surface area contributed by atoms with E-state index in [1.807, 2.05) is 6.07 Å². The van der Waals surface area contributed by atoms with E-state index in [2.05, 4.69) is 41.6 Å². The lowest BCUT2D eigenvalue weighted by Crippen LogP contribution is -1.91. The maximum absolute atomic E-state index is 5.23. The molecule has 0 fully saturated rings. The van der Waals surface area contributed by atoms with E-state index in [1.54, 1.807) is 7.11 Å². The van der Waals surface area contributed by atoms with Crippen LogP contribution in [0.25, 0.3) is 0 Å². The van der Waals surface area contributed by atoms with E-state index < -0.39 is 0 Å². The van der Waals surface area contributed by atoms with Crippen molar-refractivity contribution >= 4 is 22.6 Å². The smallest absolute Gasteiger partial charge is 0.122 e. The molecule has 1 aromatic carbocycles. The van der Waals surface area contributed by atoms with Gasteiger partial charge in [0.2, 0.25) is 0 Å². The summed E-state index contributed by atoms with van der Waals surface area (Å²) < 4.78 is 6.30. The van der Waals surface area contributed by atoms with Gasteiger partial charge >= 0.3 is 0 Å². The second-order valence-corrected chi connectivity index (χ2v) is 3.40. The average molecular weight is 276 g/mol. The Bertz CT molecular complexity index is 258. The van der Waals surface area contributed by atoms with E-state index in [-0.39, 0.29) is 0 Å². The van der Waals surface area contributed by atoms with Crippen LogP contribution in [-0.4, -0.2) is 7.11 Å². The van der Waals surface area contributed by atoms with Crippen LogP contribution in [0.1, 0.15) is 18.1 Å². The largest absolute Gasteiger partial charge is 0.496 e. The number of benzene rings is 1. The Hall–Kier alpha value is -0.250. The van der Waals surface area contributed by atoms with E-state index in [1.165, 1.54) is 11.1 Å². The van der Waals surface area contributed by atoms with Gasteiger partial charge in [0.15, 0.2) is 0 Å². The average Bonchev–Trinajstić information content (AvgIpc) is 2.16. The fourth-order valence-electron chi connectivity index (χ4n) is 1.19. The molecule has 0 spiro atoms. The third-order valence-electron chi connectivity index (χ3n) is 1.88. The van der Waals surface area contributed by atoms with Gasteiger partial charge in [0.25, 0.3) is 0 Å². The first-order chi connectivity index (χ1) is 5.81. The van der Waals surface area contributed by atoms with Gasteiger partial charge in [0, 0.05) is 4.43 Å². The lowest BCUT2D eigenvalue weighted by molar-refractivity contribution is 0.410. The second kappa shape index (κ2) is 4.70. The molecule has 0 amide bonds. The number of hydrogen-bond donors (Lipinski definition) is 0. The van der Waals surface area contributed by atoms with E-state index in [0.29, 0.717) is 0 Å². The van der Waals surface area contributed by atoms with Gasteiger partial charge in [-0.15, -0.1) is 0 Å². The summed E-state index contributed by atoms with van der Waals surface area (Å²) in [6.07, 6.45) is 1.04. The molecule has 0 aliphatic heterocycles. The molecular weight excluding hydrogens is 263 g/mol. The van der Waals surface area contributed by atoms with Crippen molar-refractivity contribution in [2.24, 2.45) is 0 Å². The fourth-order valence-corrected chi connectivity index (χ4v) is 1.67. The van der Waals surface area contributed by atoms with Crippen molar-refractivity contribution < 1.29 is 4.74 Å². The van der Waals surface area contributed by atoms with Crippen LogP contribution in [0.15, 0.2) is 18.2 Å². The highest BCUT2D eigenvalue weighted by atomic mass is 127. The van der Waals surface area contributed by atoms with Crippen LogP contribution in [0.3, 0.4) is 0 Å². The Labute approximate surface area is 87.3 Å². The first kappa shape index (κ1) is 9.84. The summed E-state index contributed by atoms with van der Waals surface area (Å²) >= 11 is 2.37. The summed E-state index contributed by atoms with van der Waals surface area (Å²) in [5, 5.41) is 0. The van der Waals surface area contributed by atoms with E-state index in [0.717, 1.165) is 16.6 Å². The van der Waals surface area contributed by atoms with Crippen molar-refractivity contribution in [1.29, 1.82) is 0 Å². The van der Waals surface area contributed by atoms with Gasteiger partial charge in [-0.25, -0.2) is 0 Å². The second-order valence-electron chi connectivity index (χ2n) is 2.63. The van der Waals surface area contributed by atoms with Crippen molar-refractivity contribution in [2.45, 2.75) is 17.8 Å². The van der Waals surface area contributed by atoms with Crippen LogP contribution in [0.2, 0.25) is 0 Å². The maximum Gasteiger partial charge on any atom is 0.122 e. The number of rotatable bonds is 3. The molecule has 1 rings (SSSR count). The highest BCUT2D eigenvalue weighted by Crippen LogP contribution is 2.21. The van der Waals surface area contributed by atoms with Gasteiger partial charge < -0.3 is 4.74 Å². The highest BCUT2D eigenvalue weighted by Gasteiger charge is 2.00. The first-order valence-electron chi connectivity index (χ1n) is 4.03. The van der Waals surface area contributed by atoms with Gasteiger partial charge in [-0.3, -0.25) is 0 Å². The molecule has 0 heterocycles. The number of hydrogen-bond acceptors (Lipinski definition) is 1. The molecule has 0 unspecified atom stereocenters. The molecule has 0 saturated heterocycles. The van der Waals surface area contributed by atoms with Gasteiger partial charge in [0.05, 0.1) is 7.11 Å². The molecule has 2 heteroatoms. The third kappa shape index (κ3) is 2.12. The Morgan fingerprint density at radius 3 is 2.67 bits per heavy atom. The minimum Gasteiger partial charge on any atom is -0.496 e. The van der Waals surface area contributed by atoms with E-state index in [9.17, 15) is 0 Å². The molecule has 0 aliphatic carbocycles. The van der Waals surface area contributed by atoms with E-state index >= 15 is 0 Å². The molecule has 1 aromatic rings. The molecule has 0 radical (unpaired) electrons. The molecule has 12 heavy (non-hydrogen) atoms. The maximum atomic E-state index is 5.23. The minimum atomic E-state index is 1.01. The molecule has 0 aromatic heterocycles. The normalized spacial score (nSPS) is 9.92. The lowest BCUT2D eigenvalue weighted by atomic mass is 10.1. The summed E-state index contributed by atoms with van der Waals surface area (Å²) in [6, 6.07) is 6.38. The van der Waals surface area contributed by atoms with Crippen molar-refractivity contribution in [3.05, 3.63) is 29.3 Å². The first-order valence-corrected chi connectivity index (χ1v) is 5.56. The Kier molecular flexibility index (Phi) is 3.85. The molecule has 0 aliphatic rings. The van der Waals surface area contributed by atoms with Crippen LogP contribution in [-0.2, 0) is 10.8 Å². The van der Waals surface area contributed by atoms with E-state index in [4.69, 9.17) is 4.74 Å². The van der Waals surface area contributed by atoms with Crippen molar-refractivity contribution in [3.8, 4) is 5.75 Å². The Morgan fingerprint density at radius 2 is 2.17 bits per heavy atom. The Morgan fingerprint density at radius 1 is 1.42 bits per heavy atom. The van der Waals surface area contributed by atoms with Gasteiger partial charge in [-0.2, -0.15) is 0 Å². The van der Waals surface area contributed by atoms with Crippen LogP contribution in [0, 0.1) is 0 Å². The van der Waals surface area contributed by atoms with Crippen LogP contribution in [0.4, 0.5) is 0 Å². The molecular formula is C10H13IO. The van der Waals surface area contributed by atoms with Gasteiger partial charge in [-0.1, -0.05) is 41.6 Å². The summed E-state index contributed by atoms with van der Waals surface area (Å²) in [6.45, 7) is 2.15. The standard InChI is InChI=1S/C10H13IO/c1-3-9-6-8(7-11)4-5-10(9)12-2/h4-6H,3,7H2,1-2H3. The van der Waals surface area contributed by atoms with Gasteiger partial charge in [0.1, 0.15) is 5.75 Å². The SMILES string of the molecule is CCc1cc(CI)ccc1OC. The zero-order chi connectivity index (χ0) is 8.97. The lowest BCUT2D eigenvalue weighted by Gasteiger charge is -2.07. The zero-order valence-electron chi connectivity index (χ0n) is 7.43. The number of halogens is 1. The Balaban J connectivity index is 3.02. The molecule has 0 N–H and O–H groups in total. The topological polar surface area (TPSA) is 9.23 Å². The predicted octanol–water partition coefficient (Wildman–Crippen LogP) is 3.19. The molecule has 0 atom stereocenters. The quantitative estimate of drug-likeness (QED) is 0.608.